The van der Waals surface area contributed by atoms with Crippen molar-refractivity contribution in [3.8, 4) is 17.2 Å². The maximum absolute atomic E-state index is 6.24. The topological polar surface area (TPSA) is 86.0 Å². The predicted octanol–water partition coefficient (Wildman–Crippen LogP) is 5.01. The highest BCUT2D eigenvalue weighted by molar-refractivity contribution is 5.92. The molecule has 38 heavy (non-hydrogen) atoms. The lowest BCUT2D eigenvalue weighted by Crippen LogP contribution is -2.47. The molecule has 8 nitrogen and oxygen atoms in total. The Bertz CT molecular complexity index is 1430. The van der Waals surface area contributed by atoms with Gasteiger partial charge in [0.25, 0.3) is 0 Å². The summed E-state index contributed by atoms with van der Waals surface area (Å²) in [5.41, 5.74) is 9.90. The maximum Gasteiger partial charge on any atom is 0.162 e. The van der Waals surface area contributed by atoms with E-state index in [0.717, 1.165) is 78.6 Å². The second kappa shape index (κ2) is 10.3. The summed E-state index contributed by atoms with van der Waals surface area (Å²) in [6.07, 6.45) is 2.30. The van der Waals surface area contributed by atoms with E-state index in [9.17, 15) is 0 Å². The van der Waals surface area contributed by atoms with Crippen LogP contribution in [0.1, 0.15) is 30.1 Å². The van der Waals surface area contributed by atoms with Gasteiger partial charge >= 0.3 is 0 Å². The molecule has 196 valence electrons. The lowest BCUT2D eigenvalue weighted by Gasteiger charge is -2.37. The molecule has 2 N–H and O–H groups in total. The second-order valence-corrected chi connectivity index (χ2v) is 9.88. The van der Waals surface area contributed by atoms with E-state index in [2.05, 4.69) is 28.0 Å². The third-order valence-electron chi connectivity index (χ3n) is 7.28. The van der Waals surface area contributed by atoms with Crippen molar-refractivity contribution in [3.05, 3.63) is 72.1 Å². The number of hydrogen-bond donors (Lipinski definition) is 1. The van der Waals surface area contributed by atoms with Gasteiger partial charge in [0.15, 0.2) is 11.5 Å². The minimum Gasteiger partial charge on any atom is -0.493 e. The molecule has 2 aliphatic rings. The van der Waals surface area contributed by atoms with Crippen LogP contribution in [-0.2, 0) is 6.61 Å². The van der Waals surface area contributed by atoms with Crippen molar-refractivity contribution < 1.29 is 14.2 Å². The predicted molar refractivity (Wildman–Crippen MR) is 151 cm³/mol. The smallest absolute Gasteiger partial charge is 0.162 e. The van der Waals surface area contributed by atoms with Gasteiger partial charge in [0.05, 0.1) is 25.4 Å². The first-order chi connectivity index (χ1) is 18.6. The monoisotopic (exact) mass is 511 g/mol. The number of nitrogens with two attached hydrogens (primary N) is 1. The quantitative estimate of drug-likeness (QED) is 0.330. The van der Waals surface area contributed by atoms with E-state index in [-0.39, 0.29) is 0 Å². The van der Waals surface area contributed by atoms with Gasteiger partial charge < -0.3 is 29.7 Å². The van der Waals surface area contributed by atoms with Crippen LogP contribution in [0.5, 0.6) is 17.2 Å². The molecule has 1 saturated heterocycles. The third kappa shape index (κ3) is 4.86. The van der Waals surface area contributed by atoms with Crippen LogP contribution < -0.4 is 29.7 Å². The van der Waals surface area contributed by atoms with Gasteiger partial charge in [0.2, 0.25) is 0 Å². The lowest BCUT2D eigenvalue weighted by atomic mass is 10.1. The number of hydrogen-bond acceptors (Lipinski definition) is 8. The van der Waals surface area contributed by atoms with Crippen molar-refractivity contribution in [1.82, 2.24) is 9.97 Å². The van der Waals surface area contributed by atoms with Crippen molar-refractivity contribution in [2.45, 2.75) is 25.4 Å². The third-order valence-corrected chi connectivity index (χ3v) is 7.28. The molecule has 4 aromatic rings. The number of nitrogen functional groups attached to an aromatic ring is 1. The Kier molecular flexibility index (Phi) is 6.54. The number of rotatable bonds is 8. The van der Waals surface area contributed by atoms with Crippen LogP contribution in [0.4, 0.5) is 17.2 Å². The van der Waals surface area contributed by atoms with Crippen molar-refractivity contribution in [1.29, 1.82) is 0 Å². The highest BCUT2D eigenvalue weighted by atomic mass is 16.5. The first-order valence-corrected chi connectivity index (χ1v) is 13.1. The van der Waals surface area contributed by atoms with Crippen LogP contribution in [0.2, 0.25) is 0 Å². The summed E-state index contributed by atoms with van der Waals surface area (Å²) in [6.45, 7) is 3.83. The number of anilines is 3. The van der Waals surface area contributed by atoms with Gasteiger partial charge in [-0.1, -0.05) is 30.3 Å². The van der Waals surface area contributed by atoms with Crippen LogP contribution in [-0.4, -0.2) is 50.4 Å². The van der Waals surface area contributed by atoms with Gasteiger partial charge in [-0.05, 0) is 36.6 Å². The lowest BCUT2D eigenvalue weighted by molar-refractivity contribution is 0.306. The molecule has 1 aliphatic heterocycles. The minimum absolute atomic E-state index is 0.451. The summed E-state index contributed by atoms with van der Waals surface area (Å²) in [6, 6.07) is 20.1. The fourth-order valence-corrected chi connectivity index (χ4v) is 5.02. The van der Waals surface area contributed by atoms with Crippen molar-refractivity contribution in [2.24, 2.45) is 0 Å². The number of fused-ring (bicyclic) bond motifs is 1. The zero-order valence-corrected chi connectivity index (χ0v) is 21.9. The first kappa shape index (κ1) is 24.2. The second-order valence-electron chi connectivity index (χ2n) is 9.88. The Morgan fingerprint density at radius 3 is 2.24 bits per heavy atom. The fourth-order valence-electron chi connectivity index (χ4n) is 5.02. The zero-order chi connectivity index (χ0) is 26.1. The van der Waals surface area contributed by atoms with Crippen LogP contribution in [0.3, 0.4) is 0 Å². The van der Waals surface area contributed by atoms with Gasteiger partial charge in [-0.3, -0.25) is 0 Å². The van der Waals surface area contributed by atoms with Crippen LogP contribution in [0, 0.1) is 0 Å². The van der Waals surface area contributed by atoms with E-state index in [4.69, 9.17) is 29.9 Å². The Hall–Kier alpha value is -4.20. The summed E-state index contributed by atoms with van der Waals surface area (Å²) < 4.78 is 17.4. The zero-order valence-electron chi connectivity index (χ0n) is 21.9. The normalized spacial score (nSPS) is 15.5. The van der Waals surface area contributed by atoms with E-state index in [0.29, 0.717) is 29.7 Å². The average molecular weight is 512 g/mol. The Morgan fingerprint density at radius 1 is 0.816 bits per heavy atom. The van der Waals surface area contributed by atoms with Gasteiger partial charge in [0.1, 0.15) is 24.0 Å². The van der Waals surface area contributed by atoms with E-state index in [1.54, 1.807) is 14.2 Å². The van der Waals surface area contributed by atoms with Crippen LogP contribution in [0.25, 0.3) is 10.9 Å². The van der Waals surface area contributed by atoms with Crippen LogP contribution in [0.15, 0.2) is 60.7 Å². The minimum atomic E-state index is 0.451. The molecule has 0 bridgehead atoms. The number of aromatic nitrogens is 2. The molecule has 2 fully saturated rings. The van der Waals surface area contributed by atoms with Crippen LogP contribution >= 0.6 is 0 Å². The van der Waals surface area contributed by atoms with Gasteiger partial charge in [-0.2, -0.15) is 0 Å². The van der Waals surface area contributed by atoms with E-state index < -0.39 is 0 Å². The summed E-state index contributed by atoms with van der Waals surface area (Å²) in [4.78, 5) is 14.7. The highest BCUT2D eigenvalue weighted by Crippen LogP contribution is 2.42. The largest absolute Gasteiger partial charge is 0.493 e. The number of nitrogens with zero attached hydrogens (tertiary/aromatic N) is 4. The van der Waals surface area contributed by atoms with Gasteiger partial charge in [0, 0.05) is 55.3 Å². The first-order valence-electron chi connectivity index (χ1n) is 13.1. The average Bonchev–Trinajstić information content (AvgIpc) is 3.81. The van der Waals surface area contributed by atoms with Crippen molar-refractivity contribution in [3.63, 3.8) is 0 Å². The molecule has 0 amide bonds. The molecule has 8 heteroatoms. The Morgan fingerprint density at radius 2 is 1.53 bits per heavy atom. The standard InChI is InChI=1S/C30H33N5O3/c1-36-27-17-23-24(18-28(27)37-2)32-29(21-8-9-21)33-30(23)35-14-12-34(13-15-35)25-11-10-22(31)16-26(25)38-19-20-6-4-3-5-7-20/h3-7,10-11,16-18,21H,8-9,12-15,19,31H2,1-2H3. The molecule has 1 aromatic heterocycles. The summed E-state index contributed by atoms with van der Waals surface area (Å²) in [5, 5.41) is 0.986. The summed E-state index contributed by atoms with van der Waals surface area (Å²) in [5.74, 6) is 4.52. The molecule has 2 heterocycles. The highest BCUT2D eigenvalue weighted by Gasteiger charge is 2.30. The Labute approximate surface area is 223 Å². The SMILES string of the molecule is COc1cc2nc(C3CC3)nc(N3CCN(c4ccc(N)cc4OCc4ccccc4)CC3)c2cc1OC. The van der Waals surface area contributed by atoms with Gasteiger partial charge in [-0.15, -0.1) is 0 Å². The number of piperazine rings is 1. The molecule has 1 aliphatic carbocycles. The Balaban J connectivity index is 1.25. The van der Waals surface area contributed by atoms with Crippen molar-refractivity contribution in [2.75, 3.05) is 55.9 Å². The molecule has 6 rings (SSSR count). The molecule has 3 aromatic carbocycles. The fraction of sp³-hybridized carbons (Fsp3) is 0.333. The number of ether oxygens (including phenoxy) is 3. The van der Waals surface area contributed by atoms with E-state index >= 15 is 0 Å². The maximum atomic E-state index is 6.24. The van der Waals surface area contributed by atoms with E-state index in [1.165, 1.54) is 0 Å². The molecule has 0 radical (unpaired) electrons. The molecule has 0 spiro atoms. The van der Waals surface area contributed by atoms with Crippen molar-refractivity contribution >= 4 is 28.1 Å². The molecule has 0 unspecified atom stereocenters. The molecular formula is C30H33N5O3. The molecule has 0 atom stereocenters. The summed E-state index contributed by atoms with van der Waals surface area (Å²) in [7, 11) is 3.31. The number of methoxy groups -OCH3 is 2. The molecular weight excluding hydrogens is 478 g/mol. The summed E-state index contributed by atoms with van der Waals surface area (Å²) >= 11 is 0. The van der Waals surface area contributed by atoms with Gasteiger partial charge in [-0.25, -0.2) is 9.97 Å². The number of benzene rings is 3. The molecule has 1 saturated carbocycles. The van der Waals surface area contributed by atoms with E-state index in [1.807, 2.05) is 42.5 Å².